The molecule has 1 unspecified atom stereocenters. The Bertz CT molecular complexity index is 623. The summed E-state index contributed by atoms with van der Waals surface area (Å²) in [6.45, 7) is 1.79. The number of nitrogens with two attached hydrogens (primary N) is 1. The van der Waals surface area contributed by atoms with Gasteiger partial charge in [0, 0.05) is 25.3 Å². The van der Waals surface area contributed by atoms with Gasteiger partial charge in [-0.3, -0.25) is 4.79 Å². The van der Waals surface area contributed by atoms with Gasteiger partial charge in [0.25, 0.3) is 0 Å². The predicted molar refractivity (Wildman–Crippen MR) is 111 cm³/mol. The summed E-state index contributed by atoms with van der Waals surface area (Å²) in [5.41, 5.74) is 6.39. The minimum absolute atomic E-state index is 0. The number of rotatable bonds is 7. The number of anilines is 1. The lowest BCUT2D eigenvalue weighted by atomic mass is 9.97. The zero-order valence-corrected chi connectivity index (χ0v) is 17.1. The van der Waals surface area contributed by atoms with Gasteiger partial charge in [0.2, 0.25) is 5.91 Å². The summed E-state index contributed by atoms with van der Waals surface area (Å²) >= 11 is 1.68. The number of hydrogen-bond donors (Lipinski definition) is 3. The van der Waals surface area contributed by atoms with Crippen LogP contribution < -0.4 is 16.4 Å². The summed E-state index contributed by atoms with van der Waals surface area (Å²) in [7, 11) is 0. The number of nitrogens with one attached hydrogen (secondary N) is 2. The van der Waals surface area contributed by atoms with E-state index < -0.39 is 11.9 Å². The van der Waals surface area contributed by atoms with Gasteiger partial charge in [0.1, 0.15) is 5.82 Å². The summed E-state index contributed by atoms with van der Waals surface area (Å²) in [5, 5.41) is 5.40. The average molecular weight is 419 g/mol. The Hall–Kier alpha value is -1.51. The smallest absolute Gasteiger partial charge is 0.319 e. The normalized spacial score (nSPS) is 17.6. The molecular weight excluding hydrogens is 391 g/mol. The average Bonchev–Trinajstić information content (AvgIpc) is 2.64. The lowest BCUT2D eigenvalue weighted by Crippen LogP contribution is -2.50. The summed E-state index contributed by atoms with van der Waals surface area (Å²) in [4.78, 5) is 26.2. The third kappa shape index (κ3) is 7.94. The van der Waals surface area contributed by atoms with E-state index in [1.54, 1.807) is 17.8 Å². The fourth-order valence-electron chi connectivity index (χ4n) is 3.01. The van der Waals surface area contributed by atoms with Crippen molar-refractivity contribution in [2.45, 2.75) is 25.3 Å². The number of benzene rings is 1. The summed E-state index contributed by atoms with van der Waals surface area (Å²) in [6, 6.07) is 4.91. The van der Waals surface area contributed by atoms with Gasteiger partial charge < -0.3 is 21.3 Å². The maximum Gasteiger partial charge on any atom is 0.319 e. The quantitative estimate of drug-likeness (QED) is 0.635. The molecule has 1 heterocycles. The van der Waals surface area contributed by atoms with E-state index in [2.05, 4.69) is 10.6 Å². The largest absolute Gasteiger partial charge is 0.341 e. The van der Waals surface area contributed by atoms with Gasteiger partial charge in [-0.1, -0.05) is 6.07 Å². The highest BCUT2D eigenvalue weighted by molar-refractivity contribution is 7.98. The lowest BCUT2D eigenvalue weighted by Gasteiger charge is -2.34. The van der Waals surface area contributed by atoms with E-state index in [1.165, 1.54) is 18.2 Å². The predicted octanol–water partition coefficient (Wildman–Crippen LogP) is 2.69. The van der Waals surface area contributed by atoms with Crippen LogP contribution in [0.3, 0.4) is 0 Å². The van der Waals surface area contributed by atoms with Gasteiger partial charge in [-0.2, -0.15) is 11.8 Å². The summed E-state index contributed by atoms with van der Waals surface area (Å²) in [5.74, 6) is 0.653. The number of piperidine rings is 1. The number of urea groups is 1. The Morgan fingerprint density at radius 2 is 2.22 bits per heavy atom. The van der Waals surface area contributed by atoms with Crippen molar-refractivity contribution in [3.8, 4) is 0 Å². The van der Waals surface area contributed by atoms with Crippen LogP contribution in [0.4, 0.5) is 14.9 Å². The summed E-state index contributed by atoms with van der Waals surface area (Å²) in [6.07, 6.45) is 4.52. The Morgan fingerprint density at radius 1 is 1.44 bits per heavy atom. The van der Waals surface area contributed by atoms with Gasteiger partial charge >= 0.3 is 6.03 Å². The number of hydrogen-bond acceptors (Lipinski definition) is 4. The van der Waals surface area contributed by atoms with Crippen molar-refractivity contribution in [1.82, 2.24) is 10.2 Å². The van der Waals surface area contributed by atoms with Crippen LogP contribution in [0.1, 0.15) is 19.3 Å². The molecule has 0 bridgehead atoms. The molecule has 1 saturated heterocycles. The number of carbonyl (C=O) groups excluding carboxylic acids is 2. The first-order valence-electron chi connectivity index (χ1n) is 8.83. The third-order valence-electron chi connectivity index (χ3n) is 4.41. The fraction of sp³-hybridized carbons (Fsp3) is 0.556. The number of halogens is 2. The molecule has 0 spiro atoms. The third-order valence-corrected chi connectivity index (χ3v) is 5.06. The van der Waals surface area contributed by atoms with E-state index in [1.807, 2.05) is 11.2 Å². The molecule has 1 aromatic carbocycles. The van der Waals surface area contributed by atoms with Gasteiger partial charge in [-0.15, -0.1) is 12.4 Å². The number of carbonyl (C=O) groups is 2. The molecule has 0 radical (unpaired) electrons. The molecule has 0 aromatic heterocycles. The van der Waals surface area contributed by atoms with Gasteiger partial charge in [0.15, 0.2) is 0 Å². The van der Waals surface area contributed by atoms with E-state index in [0.717, 1.165) is 25.1 Å². The molecule has 27 heavy (non-hydrogen) atoms. The van der Waals surface area contributed by atoms with E-state index >= 15 is 0 Å². The van der Waals surface area contributed by atoms with Crippen molar-refractivity contribution >= 4 is 41.8 Å². The van der Waals surface area contributed by atoms with Crippen LogP contribution in [-0.2, 0) is 4.79 Å². The van der Waals surface area contributed by atoms with Crippen LogP contribution >= 0.6 is 24.2 Å². The lowest BCUT2D eigenvalue weighted by molar-refractivity contribution is -0.134. The van der Waals surface area contributed by atoms with Gasteiger partial charge in [-0.05, 0) is 55.4 Å². The van der Waals surface area contributed by atoms with Gasteiger partial charge in [0.05, 0.1) is 6.04 Å². The van der Waals surface area contributed by atoms with Crippen LogP contribution in [0.15, 0.2) is 24.3 Å². The Kier molecular flexibility index (Phi) is 10.5. The van der Waals surface area contributed by atoms with E-state index in [0.29, 0.717) is 25.2 Å². The second-order valence-electron chi connectivity index (χ2n) is 6.53. The Morgan fingerprint density at radius 3 is 2.93 bits per heavy atom. The highest BCUT2D eigenvalue weighted by Crippen LogP contribution is 2.17. The first kappa shape index (κ1) is 23.5. The highest BCUT2D eigenvalue weighted by Gasteiger charge is 2.27. The number of likely N-dealkylation sites (tertiary alicyclic amines) is 1. The Labute approximate surface area is 170 Å². The number of thioether (sulfide) groups is 1. The van der Waals surface area contributed by atoms with E-state index in [4.69, 9.17) is 5.73 Å². The minimum Gasteiger partial charge on any atom is -0.341 e. The van der Waals surface area contributed by atoms with Crippen molar-refractivity contribution < 1.29 is 14.0 Å². The molecule has 4 N–H and O–H groups in total. The van der Waals surface area contributed by atoms with Crippen LogP contribution in [0.25, 0.3) is 0 Å². The molecule has 6 nitrogen and oxygen atoms in total. The molecule has 2 rings (SSSR count). The standard InChI is InChI=1S/C18H27FN4O2S.ClH/c1-26-9-7-16(20)17(24)23-8-3-4-13(12-23)11-21-18(25)22-15-6-2-5-14(19)10-15;/h2,5-6,10,13,16H,3-4,7-9,11-12,20H2,1H3,(H2,21,22,25);1H/t13?,16-;/m0./s1. The molecule has 9 heteroatoms. The Balaban J connectivity index is 0.00000364. The zero-order chi connectivity index (χ0) is 18.9. The van der Waals surface area contributed by atoms with Crippen molar-refractivity contribution in [2.75, 3.05) is 37.0 Å². The van der Waals surface area contributed by atoms with Crippen molar-refractivity contribution in [3.63, 3.8) is 0 Å². The monoisotopic (exact) mass is 418 g/mol. The molecule has 152 valence electrons. The minimum atomic E-state index is -0.453. The molecular formula is C18H28ClFN4O2S. The highest BCUT2D eigenvalue weighted by atomic mass is 35.5. The molecule has 1 aliphatic heterocycles. The first-order valence-corrected chi connectivity index (χ1v) is 10.2. The number of amides is 3. The molecule has 1 aliphatic rings. The van der Waals surface area contributed by atoms with Crippen LogP contribution in [0.2, 0.25) is 0 Å². The maximum atomic E-state index is 13.1. The van der Waals surface area contributed by atoms with Crippen molar-refractivity contribution in [2.24, 2.45) is 11.7 Å². The second kappa shape index (κ2) is 12.0. The molecule has 1 fully saturated rings. The zero-order valence-electron chi connectivity index (χ0n) is 15.4. The van der Waals surface area contributed by atoms with Crippen molar-refractivity contribution in [1.29, 1.82) is 0 Å². The van der Waals surface area contributed by atoms with E-state index in [9.17, 15) is 14.0 Å². The SMILES string of the molecule is CSCC[C@H](N)C(=O)N1CCCC(CNC(=O)Nc2cccc(F)c2)C1.Cl. The van der Waals surface area contributed by atoms with Gasteiger partial charge in [-0.25, -0.2) is 9.18 Å². The summed E-state index contributed by atoms with van der Waals surface area (Å²) < 4.78 is 13.1. The second-order valence-corrected chi connectivity index (χ2v) is 7.51. The van der Waals surface area contributed by atoms with Crippen LogP contribution in [-0.4, -0.2) is 54.5 Å². The first-order chi connectivity index (χ1) is 12.5. The van der Waals surface area contributed by atoms with Crippen molar-refractivity contribution in [3.05, 3.63) is 30.1 Å². The van der Waals surface area contributed by atoms with Crippen LogP contribution in [0, 0.1) is 11.7 Å². The molecule has 1 aromatic rings. The number of nitrogens with zero attached hydrogens (tertiary/aromatic N) is 1. The molecule has 2 atom stereocenters. The maximum absolute atomic E-state index is 13.1. The molecule has 0 saturated carbocycles. The molecule has 0 aliphatic carbocycles. The fourth-order valence-corrected chi connectivity index (χ4v) is 3.50. The van der Waals surface area contributed by atoms with E-state index in [-0.39, 0.29) is 30.3 Å². The topological polar surface area (TPSA) is 87.5 Å². The molecule has 3 amide bonds. The van der Waals surface area contributed by atoms with Crippen LogP contribution in [0.5, 0.6) is 0 Å².